The number of amides is 1. The molecular weight excluding hydrogens is 468 g/mol. The Morgan fingerprint density at radius 2 is 1.92 bits per heavy atom. The lowest BCUT2D eigenvalue weighted by Crippen LogP contribution is -2.34. The fourth-order valence-electron chi connectivity index (χ4n) is 2.03. The van der Waals surface area contributed by atoms with Crippen molar-refractivity contribution in [1.82, 2.24) is 5.32 Å². The largest absolute Gasteiger partial charge is 0.493 e. The molecule has 0 saturated heterocycles. The first-order chi connectivity index (χ1) is 12.0. The van der Waals surface area contributed by atoms with Gasteiger partial charge < -0.3 is 10.1 Å². The maximum Gasteiger partial charge on any atom is 0.261 e. The van der Waals surface area contributed by atoms with Crippen LogP contribution in [0.25, 0.3) is 0 Å². The van der Waals surface area contributed by atoms with Crippen LogP contribution < -0.4 is 15.4 Å². The summed E-state index contributed by atoms with van der Waals surface area (Å²) in [6, 6.07) is 12.9. The van der Waals surface area contributed by atoms with E-state index >= 15 is 0 Å². The first kappa shape index (κ1) is 19.9. The normalized spacial score (nSPS) is 10.2. The van der Waals surface area contributed by atoms with Crippen molar-refractivity contribution in [1.29, 1.82) is 0 Å². The van der Waals surface area contributed by atoms with Gasteiger partial charge >= 0.3 is 0 Å². The minimum Gasteiger partial charge on any atom is -0.493 e. The standard InChI is InChI=1S/C18H18Br2N2O2S/c1-2-3-9-24-16-8-7-13(20)11-15(16)17(23)22-18(25)21-14-6-4-5-12(19)10-14/h4-8,10-11H,2-3,9H2,1H3,(H2,21,22,23,25). The lowest BCUT2D eigenvalue weighted by molar-refractivity contribution is 0.0973. The summed E-state index contributed by atoms with van der Waals surface area (Å²) in [5.41, 5.74) is 1.22. The van der Waals surface area contributed by atoms with Gasteiger partial charge in [0.1, 0.15) is 5.75 Å². The highest BCUT2D eigenvalue weighted by atomic mass is 79.9. The number of thiocarbonyl (C=S) groups is 1. The zero-order chi connectivity index (χ0) is 18.2. The molecule has 0 aromatic heterocycles. The Kier molecular flexibility index (Phi) is 7.87. The molecular formula is C18H18Br2N2O2S. The Balaban J connectivity index is 2.06. The van der Waals surface area contributed by atoms with Gasteiger partial charge in [0.05, 0.1) is 12.2 Å². The number of halogens is 2. The zero-order valence-electron chi connectivity index (χ0n) is 13.6. The van der Waals surface area contributed by atoms with Crippen molar-refractivity contribution in [2.75, 3.05) is 11.9 Å². The molecule has 132 valence electrons. The number of nitrogens with one attached hydrogen (secondary N) is 2. The van der Waals surface area contributed by atoms with E-state index in [0.717, 1.165) is 27.5 Å². The molecule has 0 saturated carbocycles. The van der Waals surface area contributed by atoms with Gasteiger partial charge in [-0.05, 0) is 55.0 Å². The molecule has 0 atom stereocenters. The number of hydrogen-bond acceptors (Lipinski definition) is 3. The monoisotopic (exact) mass is 484 g/mol. The Morgan fingerprint density at radius 3 is 2.64 bits per heavy atom. The highest BCUT2D eigenvalue weighted by Gasteiger charge is 2.15. The number of unbranched alkanes of at least 4 members (excludes halogenated alkanes) is 1. The van der Waals surface area contributed by atoms with Crippen molar-refractivity contribution in [3.8, 4) is 5.75 Å². The van der Waals surface area contributed by atoms with Crippen LogP contribution in [0.5, 0.6) is 5.75 Å². The summed E-state index contributed by atoms with van der Waals surface area (Å²) in [4.78, 5) is 12.6. The average molecular weight is 486 g/mol. The van der Waals surface area contributed by atoms with Gasteiger partial charge in [0.2, 0.25) is 0 Å². The molecule has 2 N–H and O–H groups in total. The molecule has 7 heteroatoms. The smallest absolute Gasteiger partial charge is 0.261 e. The molecule has 0 aliphatic rings. The summed E-state index contributed by atoms with van der Waals surface area (Å²) in [7, 11) is 0. The van der Waals surface area contributed by atoms with E-state index in [-0.39, 0.29) is 11.0 Å². The van der Waals surface area contributed by atoms with Gasteiger partial charge in [0.25, 0.3) is 5.91 Å². The SMILES string of the molecule is CCCCOc1ccc(Br)cc1C(=O)NC(=S)Nc1cccc(Br)c1. The molecule has 2 aromatic rings. The van der Waals surface area contributed by atoms with Crippen LogP contribution in [0.2, 0.25) is 0 Å². The van der Waals surface area contributed by atoms with Crippen LogP contribution in [0.1, 0.15) is 30.1 Å². The van der Waals surface area contributed by atoms with Crippen molar-refractivity contribution in [2.24, 2.45) is 0 Å². The van der Waals surface area contributed by atoms with Crippen molar-refractivity contribution in [3.63, 3.8) is 0 Å². The lowest BCUT2D eigenvalue weighted by Gasteiger charge is -2.13. The van der Waals surface area contributed by atoms with E-state index in [1.807, 2.05) is 30.3 Å². The van der Waals surface area contributed by atoms with Crippen LogP contribution >= 0.6 is 44.1 Å². The molecule has 4 nitrogen and oxygen atoms in total. The molecule has 2 rings (SSSR count). The molecule has 0 fully saturated rings. The molecule has 0 unspecified atom stereocenters. The van der Waals surface area contributed by atoms with Gasteiger partial charge in [-0.3, -0.25) is 10.1 Å². The van der Waals surface area contributed by atoms with Crippen LogP contribution in [-0.4, -0.2) is 17.6 Å². The second kappa shape index (κ2) is 9.89. The van der Waals surface area contributed by atoms with Gasteiger partial charge in [0.15, 0.2) is 5.11 Å². The van der Waals surface area contributed by atoms with Crippen LogP contribution in [0.3, 0.4) is 0 Å². The quantitative estimate of drug-likeness (QED) is 0.418. The second-order valence-electron chi connectivity index (χ2n) is 5.26. The number of anilines is 1. The topological polar surface area (TPSA) is 50.4 Å². The van der Waals surface area contributed by atoms with Gasteiger partial charge in [-0.1, -0.05) is 51.3 Å². The summed E-state index contributed by atoms with van der Waals surface area (Å²) < 4.78 is 7.44. The van der Waals surface area contributed by atoms with E-state index in [4.69, 9.17) is 17.0 Å². The minimum atomic E-state index is -0.319. The molecule has 0 radical (unpaired) electrons. The fraction of sp³-hybridized carbons (Fsp3) is 0.222. The van der Waals surface area contributed by atoms with Crippen molar-refractivity contribution >= 4 is 60.8 Å². The summed E-state index contributed by atoms with van der Waals surface area (Å²) in [6.07, 6.45) is 1.96. The number of ether oxygens (including phenoxy) is 1. The lowest BCUT2D eigenvalue weighted by atomic mass is 10.2. The molecule has 2 aromatic carbocycles. The van der Waals surface area contributed by atoms with E-state index in [1.165, 1.54) is 0 Å². The predicted octanol–water partition coefficient (Wildman–Crippen LogP) is 5.52. The van der Waals surface area contributed by atoms with Crippen LogP contribution in [0, 0.1) is 0 Å². The molecule has 0 bridgehead atoms. The van der Waals surface area contributed by atoms with Gasteiger partial charge in [-0.2, -0.15) is 0 Å². The molecule has 25 heavy (non-hydrogen) atoms. The van der Waals surface area contributed by atoms with Crippen molar-refractivity contribution < 1.29 is 9.53 Å². The van der Waals surface area contributed by atoms with Gasteiger partial charge in [0, 0.05) is 14.6 Å². The van der Waals surface area contributed by atoms with E-state index < -0.39 is 0 Å². The molecule has 0 aliphatic carbocycles. The van der Waals surface area contributed by atoms with Gasteiger partial charge in [-0.25, -0.2) is 0 Å². The summed E-state index contributed by atoms with van der Waals surface area (Å²) in [5, 5.41) is 5.90. The number of carbonyl (C=O) groups excluding carboxylic acids is 1. The number of rotatable bonds is 6. The van der Waals surface area contributed by atoms with Crippen LogP contribution in [0.4, 0.5) is 5.69 Å². The highest BCUT2D eigenvalue weighted by molar-refractivity contribution is 9.10. The third kappa shape index (κ3) is 6.41. The number of benzene rings is 2. The summed E-state index contributed by atoms with van der Waals surface area (Å²) >= 11 is 12.0. The third-order valence-electron chi connectivity index (χ3n) is 3.25. The van der Waals surface area contributed by atoms with E-state index in [2.05, 4.69) is 49.4 Å². The molecule has 1 amide bonds. The molecule has 0 spiro atoms. The Labute approximate surface area is 169 Å². The maximum atomic E-state index is 12.6. The first-order valence-corrected chi connectivity index (χ1v) is 9.79. The predicted molar refractivity (Wildman–Crippen MR) is 112 cm³/mol. The zero-order valence-corrected chi connectivity index (χ0v) is 17.6. The second-order valence-corrected chi connectivity index (χ2v) is 7.50. The number of hydrogen-bond donors (Lipinski definition) is 2. The summed E-state index contributed by atoms with van der Waals surface area (Å²) in [6.45, 7) is 2.66. The van der Waals surface area contributed by atoms with Crippen LogP contribution in [-0.2, 0) is 0 Å². The maximum absolute atomic E-state index is 12.6. The Bertz CT molecular complexity index is 768. The third-order valence-corrected chi connectivity index (χ3v) is 4.44. The Morgan fingerprint density at radius 1 is 1.16 bits per heavy atom. The van der Waals surface area contributed by atoms with E-state index in [1.54, 1.807) is 12.1 Å². The van der Waals surface area contributed by atoms with Crippen molar-refractivity contribution in [3.05, 3.63) is 57.0 Å². The molecule has 0 aliphatic heterocycles. The van der Waals surface area contributed by atoms with E-state index in [9.17, 15) is 4.79 Å². The Hall–Kier alpha value is -1.44. The first-order valence-electron chi connectivity index (χ1n) is 7.80. The van der Waals surface area contributed by atoms with E-state index in [0.29, 0.717) is 17.9 Å². The van der Waals surface area contributed by atoms with Crippen LogP contribution in [0.15, 0.2) is 51.4 Å². The average Bonchev–Trinajstić information content (AvgIpc) is 2.56. The number of carbonyl (C=O) groups is 1. The van der Waals surface area contributed by atoms with Gasteiger partial charge in [-0.15, -0.1) is 0 Å². The minimum absolute atomic E-state index is 0.225. The fourth-order valence-corrected chi connectivity index (χ4v) is 3.00. The summed E-state index contributed by atoms with van der Waals surface area (Å²) in [5.74, 6) is 0.222. The van der Waals surface area contributed by atoms with Crippen molar-refractivity contribution in [2.45, 2.75) is 19.8 Å². The molecule has 0 heterocycles. The highest BCUT2D eigenvalue weighted by Crippen LogP contribution is 2.24.